The molecule has 9 atom stereocenters. The molecule has 6 rings (SSSR count). The van der Waals surface area contributed by atoms with Gasteiger partial charge >= 0.3 is 11.9 Å². The summed E-state index contributed by atoms with van der Waals surface area (Å²) in [6.45, 7) is 9.63. The largest absolute Gasteiger partial charge is 0.472 e. The molecule has 1 aromatic heterocycles. The summed E-state index contributed by atoms with van der Waals surface area (Å²) in [7, 11) is 0. The first kappa shape index (κ1) is 20.7. The van der Waals surface area contributed by atoms with Crippen molar-refractivity contribution in [3.63, 3.8) is 0 Å². The minimum absolute atomic E-state index is 0.160. The van der Waals surface area contributed by atoms with Crippen LogP contribution in [0, 0.1) is 16.7 Å². The molecule has 8 nitrogen and oxygen atoms in total. The fourth-order valence-corrected chi connectivity index (χ4v) is 7.92. The molecule has 8 heteroatoms. The smallest absolute Gasteiger partial charge is 0.302 e. The number of epoxide rings is 1. The summed E-state index contributed by atoms with van der Waals surface area (Å²) >= 11 is 0. The van der Waals surface area contributed by atoms with E-state index in [1.54, 1.807) is 12.5 Å². The first-order chi connectivity index (χ1) is 15.0. The minimum Gasteiger partial charge on any atom is -0.472 e. The van der Waals surface area contributed by atoms with Crippen molar-refractivity contribution in [3.05, 3.63) is 24.2 Å². The van der Waals surface area contributed by atoms with E-state index in [9.17, 15) is 9.59 Å². The fraction of sp³-hybridized carbons (Fsp3) is 0.750. The predicted molar refractivity (Wildman–Crippen MR) is 108 cm³/mol. The van der Waals surface area contributed by atoms with Gasteiger partial charge in [-0.1, -0.05) is 13.8 Å². The number of hydrogen-bond acceptors (Lipinski definition) is 8. The van der Waals surface area contributed by atoms with Crippen LogP contribution in [0.3, 0.4) is 0 Å². The van der Waals surface area contributed by atoms with Gasteiger partial charge in [0.25, 0.3) is 0 Å². The molecule has 174 valence electrons. The third-order valence-corrected chi connectivity index (χ3v) is 9.48. The van der Waals surface area contributed by atoms with Crippen LogP contribution < -0.4 is 0 Å². The Kier molecular flexibility index (Phi) is 3.85. The van der Waals surface area contributed by atoms with Gasteiger partial charge in [0.05, 0.1) is 30.1 Å². The van der Waals surface area contributed by atoms with Crippen molar-refractivity contribution < 1.29 is 37.7 Å². The van der Waals surface area contributed by atoms with Gasteiger partial charge in [-0.15, -0.1) is 0 Å². The monoisotopic (exact) mass is 446 g/mol. The van der Waals surface area contributed by atoms with Crippen LogP contribution in [0.2, 0.25) is 0 Å². The zero-order valence-corrected chi connectivity index (χ0v) is 19.1. The van der Waals surface area contributed by atoms with Crippen LogP contribution in [0.4, 0.5) is 0 Å². The van der Waals surface area contributed by atoms with Gasteiger partial charge in [-0.3, -0.25) is 9.59 Å². The third-order valence-electron chi connectivity index (χ3n) is 9.48. The molecule has 0 radical (unpaired) electrons. The highest BCUT2D eigenvalue weighted by atomic mass is 16.7. The second-order valence-corrected chi connectivity index (χ2v) is 10.8. The SMILES string of the molecule is CC(=O)O[C@@H]1C[C@@]23O[C@@]4(c5ccoc5)C[C@]2(C)C(C)C[C@@H](OC(C)=O)[C@]3(CO4)[C@@]2(C)O[C@@H]12. The van der Waals surface area contributed by atoms with Crippen molar-refractivity contribution in [1.82, 2.24) is 0 Å². The van der Waals surface area contributed by atoms with Crippen LogP contribution in [0.15, 0.2) is 23.0 Å². The van der Waals surface area contributed by atoms with Crippen LogP contribution in [0.1, 0.15) is 59.4 Å². The zero-order chi connectivity index (χ0) is 22.7. The number of rotatable bonds is 3. The second-order valence-electron chi connectivity index (χ2n) is 10.8. The van der Waals surface area contributed by atoms with Crippen molar-refractivity contribution in [1.29, 1.82) is 0 Å². The number of carbonyl (C=O) groups excluding carboxylic acids is 2. The molecule has 2 saturated carbocycles. The average molecular weight is 446 g/mol. The van der Waals surface area contributed by atoms with Gasteiger partial charge < -0.3 is 28.1 Å². The molecule has 3 aliphatic heterocycles. The third kappa shape index (κ3) is 2.10. The Morgan fingerprint density at radius 2 is 1.91 bits per heavy atom. The lowest BCUT2D eigenvalue weighted by molar-refractivity contribution is -0.396. The number of hydrogen-bond donors (Lipinski definition) is 0. The quantitative estimate of drug-likeness (QED) is 0.516. The van der Waals surface area contributed by atoms with E-state index in [1.807, 2.05) is 13.0 Å². The molecule has 1 aromatic rings. The maximum absolute atomic E-state index is 12.2. The molecule has 3 saturated heterocycles. The van der Waals surface area contributed by atoms with Crippen LogP contribution in [0.5, 0.6) is 0 Å². The van der Waals surface area contributed by atoms with Crippen LogP contribution in [-0.2, 0) is 39.1 Å². The summed E-state index contributed by atoms with van der Waals surface area (Å²) in [6.07, 6.45) is 3.91. The van der Waals surface area contributed by atoms with Gasteiger partial charge in [0, 0.05) is 37.7 Å². The van der Waals surface area contributed by atoms with Crippen molar-refractivity contribution in [2.24, 2.45) is 16.7 Å². The Morgan fingerprint density at radius 3 is 2.56 bits per heavy atom. The lowest BCUT2D eigenvalue weighted by Crippen LogP contribution is -2.78. The molecule has 0 aromatic carbocycles. The number of fused-ring (bicyclic) bond motifs is 2. The molecule has 0 N–H and O–H groups in total. The predicted octanol–water partition coefficient (Wildman–Crippen LogP) is 3.08. The number of carbonyl (C=O) groups is 2. The molecule has 1 unspecified atom stereocenters. The summed E-state index contributed by atoms with van der Waals surface area (Å²) in [5.41, 5.74) is -1.72. The lowest BCUT2D eigenvalue weighted by atomic mass is 9.41. The van der Waals surface area contributed by atoms with Crippen molar-refractivity contribution >= 4 is 11.9 Å². The van der Waals surface area contributed by atoms with E-state index in [2.05, 4.69) is 13.8 Å². The summed E-state index contributed by atoms with van der Waals surface area (Å²) in [5, 5.41) is 0. The van der Waals surface area contributed by atoms with Gasteiger partial charge in [0.1, 0.15) is 23.9 Å². The topological polar surface area (TPSA) is 96.7 Å². The van der Waals surface area contributed by atoms with Gasteiger partial charge in [0.15, 0.2) is 5.79 Å². The first-order valence-corrected chi connectivity index (χ1v) is 11.4. The Labute approximate surface area is 186 Å². The normalized spacial score (nSPS) is 52.5. The maximum Gasteiger partial charge on any atom is 0.302 e. The highest BCUT2D eigenvalue weighted by Gasteiger charge is 2.91. The van der Waals surface area contributed by atoms with Crippen LogP contribution in [-0.4, -0.2) is 48.1 Å². The summed E-state index contributed by atoms with van der Waals surface area (Å²) < 4.78 is 37.2. The van der Waals surface area contributed by atoms with Gasteiger partial charge in [-0.05, 0) is 25.3 Å². The maximum atomic E-state index is 12.2. The highest BCUT2D eigenvalue weighted by Crippen LogP contribution is 2.80. The van der Waals surface area contributed by atoms with Crippen LogP contribution >= 0.6 is 0 Å². The van der Waals surface area contributed by atoms with E-state index >= 15 is 0 Å². The Bertz CT molecular complexity index is 990. The van der Waals surface area contributed by atoms with E-state index in [-0.39, 0.29) is 29.4 Å². The van der Waals surface area contributed by atoms with E-state index in [4.69, 9.17) is 28.1 Å². The molecule has 2 bridgehead atoms. The molecular formula is C24H30O8. The van der Waals surface area contributed by atoms with E-state index in [1.165, 1.54) is 13.8 Å². The second kappa shape index (κ2) is 5.96. The van der Waals surface area contributed by atoms with Gasteiger partial charge in [-0.2, -0.15) is 0 Å². The molecule has 0 amide bonds. The molecule has 1 spiro atoms. The highest BCUT2D eigenvalue weighted by molar-refractivity contribution is 5.67. The number of esters is 2. The first-order valence-electron chi connectivity index (χ1n) is 11.4. The Hall–Kier alpha value is -1.90. The van der Waals surface area contributed by atoms with Gasteiger partial charge in [-0.25, -0.2) is 0 Å². The Morgan fingerprint density at radius 1 is 1.16 bits per heavy atom. The summed E-state index contributed by atoms with van der Waals surface area (Å²) in [4.78, 5) is 24.2. The standard InChI is InChI=1S/C24H30O8/c1-13-8-18(30-15(3)26)22-12-28-23(16-6-7-27-10-16)11-20(13,4)24(22,32-23)9-17(29-14(2)25)19-21(22,5)31-19/h6-7,10,13,17-19H,8-9,11-12H2,1-5H3/t13?,17-,18-,19+,20-,21+,22-,23-,24-/m1/s1. The lowest BCUT2D eigenvalue weighted by Gasteiger charge is -2.67. The van der Waals surface area contributed by atoms with Crippen molar-refractivity contribution in [2.45, 2.75) is 89.2 Å². The molecule has 5 aliphatic rings. The molecular weight excluding hydrogens is 416 g/mol. The molecule has 2 aliphatic carbocycles. The number of ether oxygens (including phenoxy) is 5. The van der Waals surface area contributed by atoms with Crippen molar-refractivity contribution in [2.75, 3.05) is 6.61 Å². The van der Waals surface area contributed by atoms with Crippen LogP contribution in [0.25, 0.3) is 0 Å². The molecule has 5 fully saturated rings. The minimum atomic E-state index is -0.969. The summed E-state index contributed by atoms with van der Waals surface area (Å²) in [6, 6.07) is 1.88. The molecule has 32 heavy (non-hydrogen) atoms. The average Bonchev–Trinajstić information content (AvgIpc) is 3.07. The van der Waals surface area contributed by atoms with E-state index in [0.717, 1.165) is 5.56 Å². The Balaban J connectivity index is 1.57. The summed E-state index contributed by atoms with van der Waals surface area (Å²) in [5.74, 6) is -1.48. The molecule has 4 heterocycles. The van der Waals surface area contributed by atoms with E-state index in [0.29, 0.717) is 25.9 Å². The van der Waals surface area contributed by atoms with E-state index < -0.39 is 34.6 Å². The van der Waals surface area contributed by atoms with Crippen molar-refractivity contribution in [3.8, 4) is 0 Å². The fourth-order valence-electron chi connectivity index (χ4n) is 7.92. The number of furan rings is 1. The van der Waals surface area contributed by atoms with Gasteiger partial charge in [0.2, 0.25) is 0 Å². The zero-order valence-electron chi connectivity index (χ0n) is 19.1.